The van der Waals surface area contributed by atoms with Crippen LogP contribution in [-0.2, 0) is 22.0 Å². The lowest BCUT2D eigenvalue weighted by atomic mass is 9.93. The summed E-state index contributed by atoms with van der Waals surface area (Å²) in [6, 6.07) is -1.08. The third-order valence-electron chi connectivity index (χ3n) is 6.34. The molecule has 5 rings (SSSR count). The minimum Gasteiger partial charge on any atom is -0.309 e. The van der Waals surface area contributed by atoms with Crippen LogP contribution in [0.2, 0.25) is 0 Å². The summed E-state index contributed by atoms with van der Waals surface area (Å²) in [6.45, 7) is 6.44. The van der Waals surface area contributed by atoms with Crippen molar-refractivity contribution in [2.75, 3.05) is 5.32 Å². The van der Waals surface area contributed by atoms with Crippen LogP contribution in [0.4, 0.5) is 27.8 Å². The van der Waals surface area contributed by atoms with Crippen LogP contribution in [0.1, 0.15) is 51.3 Å². The van der Waals surface area contributed by atoms with Crippen LogP contribution in [0, 0.1) is 11.7 Å². The third kappa shape index (κ3) is 5.00. The van der Waals surface area contributed by atoms with Gasteiger partial charge in [0.1, 0.15) is 17.6 Å². The largest absolute Gasteiger partial charge is 0.419 e. The zero-order chi connectivity index (χ0) is 28.4. The van der Waals surface area contributed by atoms with Crippen LogP contribution in [0.15, 0.2) is 24.8 Å². The van der Waals surface area contributed by atoms with Gasteiger partial charge in [-0.25, -0.2) is 22.7 Å². The van der Waals surface area contributed by atoms with Gasteiger partial charge in [0, 0.05) is 28.8 Å². The molecule has 4 atom stereocenters. The van der Waals surface area contributed by atoms with Gasteiger partial charge in [-0.05, 0) is 34.1 Å². The predicted molar refractivity (Wildman–Crippen MR) is 134 cm³/mol. The van der Waals surface area contributed by atoms with Gasteiger partial charge in [0.25, 0.3) is 0 Å². The minimum atomic E-state index is -5.12. The summed E-state index contributed by atoms with van der Waals surface area (Å²) in [6.07, 6.45) is -1.34. The summed E-state index contributed by atoms with van der Waals surface area (Å²) in [5.74, 6) is -2.79. The summed E-state index contributed by atoms with van der Waals surface area (Å²) in [7, 11) is -1.70. The van der Waals surface area contributed by atoms with E-state index < -0.39 is 62.9 Å². The standard InChI is InChI=1S/C24H24F5N7O2S/c1-10(35-39(38)23(2,3)4)17-20(26)19(24(27,28)29)18(12-6-31-34-21(12)17)14-8-36-9-15(32-16(36)7-30-14)33-22(37)11-5-13(11)25/h6-11,13,35H,5H2,1-4H3,(H,31,34)(H,33,37)/t10?,11-,13+,39?/m1/s1. The molecule has 1 fully saturated rings. The van der Waals surface area contributed by atoms with E-state index in [1.807, 2.05) is 0 Å². The van der Waals surface area contributed by atoms with Crippen molar-refractivity contribution in [1.29, 1.82) is 0 Å². The van der Waals surface area contributed by atoms with Crippen LogP contribution < -0.4 is 10.0 Å². The summed E-state index contributed by atoms with van der Waals surface area (Å²) in [5.41, 5.74) is -2.51. The van der Waals surface area contributed by atoms with Gasteiger partial charge in [-0.3, -0.25) is 14.9 Å². The summed E-state index contributed by atoms with van der Waals surface area (Å²) < 4.78 is 88.2. The van der Waals surface area contributed by atoms with Gasteiger partial charge in [-0.15, -0.1) is 0 Å². The van der Waals surface area contributed by atoms with Crippen LogP contribution in [0.25, 0.3) is 27.8 Å². The molecule has 3 aromatic heterocycles. The monoisotopic (exact) mass is 569 g/mol. The summed E-state index contributed by atoms with van der Waals surface area (Å²) >= 11 is 0. The van der Waals surface area contributed by atoms with Crippen LogP contribution >= 0.6 is 0 Å². The highest BCUT2D eigenvalue weighted by molar-refractivity contribution is 7.84. The molecular formula is C24H24F5N7O2S. The number of fused-ring (bicyclic) bond motifs is 2. The second-order valence-electron chi connectivity index (χ2n) is 10.4. The Morgan fingerprint density at radius 2 is 1.92 bits per heavy atom. The first-order valence-electron chi connectivity index (χ1n) is 11.9. The molecule has 1 amide bonds. The number of carbonyl (C=O) groups excluding carboxylic acids is 1. The second kappa shape index (κ2) is 9.33. The van der Waals surface area contributed by atoms with Crippen molar-refractivity contribution >= 4 is 39.3 Å². The van der Waals surface area contributed by atoms with E-state index in [0.29, 0.717) is 0 Å². The Bertz CT molecular complexity index is 1630. The highest BCUT2D eigenvalue weighted by atomic mass is 32.2. The summed E-state index contributed by atoms with van der Waals surface area (Å²) in [4.78, 5) is 20.3. The van der Waals surface area contributed by atoms with Crippen molar-refractivity contribution in [2.45, 2.75) is 57.3 Å². The molecule has 0 radical (unpaired) electrons. The molecule has 9 nitrogen and oxygen atoms in total. The first-order valence-corrected chi connectivity index (χ1v) is 13.1. The van der Waals surface area contributed by atoms with Crippen molar-refractivity contribution in [2.24, 2.45) is 5.92 Å². The Labute approximate surface area is 221 Å². The van der Waals surface area contributed by atoms with Gasteiger partial charge in [-0.1, -0.05) is 0 Å². The lowest BCUT2D eigenvalue weighted by Crippen LogP contribution is -2.35. The number of alkyl halides is 4. The minimum absolute atomic E-state index is 0.00732. The number of carbonyl (C=O) groups is 1. The van der Waals surface area contributed by atoms with Gasteiger partial charge in [-0.2, -0.15) is 18.3 Å². The molecule has 3 heterocycles. The molecule has 2 unspecified atom stereocenters. The highest BCUT2D eigenvalue weighted by Crippen LogP contribution is 2.45. The number of nitrogens with one attached hydrogen (secondary N) is 3. The van der Waals surface area contributed by atoms with E-state index in [1.54, 1.807) is 20.8 Å². The molecule has 0 saturated heterocycles. The molecule has 0 aliphatic heterocycles. The zero-order valence-corrected chi connectivity index (χ0v) is 22.0. The van der Waals surface area contributed by atoms with Gasteiger partial charge >= 0.3 is 6.18 Å². The predicted octanol–water partition coefficient (Wildman–Crippen LogP) is 4.84. The topological polar surface area (TPSA) is 117 Å². The number of rotatable bonds is 6. The maximum Gasteiger partial charge on any atom is 0.419 e. The Kier molecular flexibility index (Phi) is 6.49. The van der Waals surface area contributed by atoms with E-state index >= 15 is 4.39 Å². The Hall–Kier alpha value is -3.46. The highest BCUT2D eigenvalue weighted by Gasteiger charge is 2.44. The van der Waals surface area contributed by atoms with E-state index in [-0.39, 0.29) is 40.0 Å². The Morgan fingerprint density at radius 1 is 1.23 bits per heavy atom. The zero-order valence-electron chi connectivity index (χ0n) is 21.2. The van der Waals surface area contributed by atoms with Crippen LogP contribution in [0.3, 0.4) is 0 Å². The molecule has 39 heavy (non-hydrogen) atoms. The van der Waals surface area contributed by atoms with Gasteiger partial charge in [0.15, 0.2) is 11.5 Å². The number of H-pyrrole nitrogens is 1. The van der Waals surface area contributed by atoms with E-state index in [0.717, 1.165) is 6.20 Å². The number of benzene rings is 1. The fraction of sp³-hybridized carbons (Fsp3) is 0.417. The molecule has 0 bridgehead atoms. The number of halogens is 5. The van der Waals surface area contributed by atoms with E-state index in [4.69, 9.17) is 0 Å². The van der Waals surface area contributed by atoms with Crippen molar-refractivity contribution in [3.05, 3.63) is 41.7 Å². The molecule has 1 saturated carbocycles. The quantitative estimate of drug-likeness (QED) is 0.288. The average molecular weight is 570 g/mol. The number of anilines is 1. The molecule has 1 aliphatic carbocycles. The van der Waals surface area contributed by atoms with Crippen LogP contribution in [-0.4, -0.2) is 45.6 Å². The summed E-state index contributed by atoms with van der Waals surface area (Å²) in [5, 5.41) is 8.86. The number of aromatic nitrogens is 5. The number of hydrogen-bond donors (Lipinski definition) is 3. The molecule has 4 aromatic rings. The molecule has 208 valence electrons. The molecule has 1 aromatic carbocycles. The molecule has 15 heteroatoms. The van der Waals surface area contributed by atoms with Crippen molar-refractivity contribution < 1.29 is 31.0 Å². The first-order chi connectivity index (χ1) is 18.2. The second-order valence-corrected chi connectivity index (χ2v) is 12.4. The lowest BCUT2D eigenvalue weighted by Gasteiger charge is -2.24. The van der Waals surface area contributed by atoms with E-state index in [2.05, 4.69) is 30.2 Å². The third-order valence-corrected chi connectivity index (χ3v) is 8.02. The Morgan fingerprint density at radius 3 is 2.54 bits per heavy atom. The van der Waals surface area contributed by atoms with Crippen molar-refractivity contribution in [3.8, 4) is 11.3 Å². The molecule has 1 aliphatic rings. The molecule has 0 spiro atoms. The number of amides is 1. The van der Waals surface area contributed by atoms with E-state index in [1.165, 1.54) is 29.9 Å². The van der Waals surface area contributed by atoms with Gasteiger partial charge < -0.3 is 9.72 Å². The fourth-order valence-corrected chi connectivity index (χ4v) is 5.04. The molecular weight excluding hydrogens is 545 g/mol. The van der Waals surface area contributed by atoms with Crippen molar-refractivity contribution in [3.63, 3.8) is 0 Å². The number of hydrogen-bond acceptors (Lipinski definition) is 5. The maximum absolute atomic E-state index is 15.9. The normalized spacial score (nSPS) is 19.4. The average Bonchev–Trinajstić information content (AvgIpc) is 3.19. The van der Waals surface area contributed by atoms with Gasteiger partial charge in [0.05, 0.1) is 51.5 Å². The lowest BCUT2D eigenvalue weighted by molar-refractivity contribution is -0.139. The van der Waals surface area contributed by atoms with E-state index in [9.17, 15) is 26.6 Å². The number of aromatic amines is 1. The number of nitrogens with zero attached hydrogens (tertiary/aromatic N) is 4. The fourth-order valence-electron chi connectivity index (χ4n) is 4.25. The maximum atomic E-state index is 15.9. The Balaban J connectivity index is 1.63. The van der Waals surface area contributed by atoms with Gasteiger partial charge in [0.2, 0.25) is 5.91 Å². The van der Waals surface area contributed by atoms with Crippen LogP contribution in [0.5, 0.6) is 0 Å². The SMILES string of the molecule is CC(NS(=O)C(C)(C)C)c1c(F)c(C(F)(F)F)c(-c2cn3cc(NC(=O)[C@@H]4C[C@@H]4F)nc3cn2)c2cn[nH]c12. The molecule has 3 N–H and O–H groups in total. The first kappa shape index (κ1) is 27.1. The van der Waals surface area contributed by atoms with Crippen molar-refractivity contribution in [1.82, 2.24) is 29.3 Å². The number of imidazole rings is 1. The smallest absolute Gasteiger partial charge is 0.309 e.